The van der Waals surface area contributed by atoms with Gasteiger partial charge in [-0.25, -0.2) is 0 Å². The lowest BCUT2D eigenvalue weighted by Gasteiger charge is -2.42. The van der Waals surface area contributed by atoms with E-state index >= 15 is 0 Å². The van der Waals surface area contributed by atoms with Crippen molar-refractivity contribution < 1.29 is 9.47 Å². The van der Waals surface area contributed by atoms with Gasteiger partial charge in [0.05, 0.1) is 13.2 Å². The van der Waals surface area contributed by atoms with Gasteiger partial charge < -0.3 is 9.47 Å². The van der Waals surface area contributed by atoms with Gasteiger partial charge in [-0.3, -0.25) is 9.80 Å². The molecule has 0 bridgehead atoms. The lowest BCUT2D eigenvalue weighted by molar-refractivity contribution is 0.0498. The average molecular weight is 270 g/mol. The van der Waals surface area contributed by atoms with Crippen LogP contribution in [-0.2, 0) is 9.47 Å². The molecule has 2 rings (SSSR count). The van der Waals surface area contributed by atoms with E-state index < -0.39 is 0 Å². The van der Waals surface area contributed by atoms with Crippen molar-refractivity contribution >= 4 is 0 Å². The Bertz CT molecular complexity index is 250. The molecule has 2 aliphatic heterocycles. The second-order valence-electron chi connectivity index (χ2n) is 5.95. The number of hydrogen-bond acceptors (Lipinski definition) is 4. The number of methoxy groups -OCH3 is 1. The maximum absolute atomic E-state index is 5.51. The maximum atomic E-state index is 5.51. The Hall–Kier alpha value is -0.160. The fourth-order valence-corrected chi connectivity index (χ4v) is 3.32. The van der Waals surface area contributed by atoms with Crippen LogP contribution in [0, 0.1) is 0 Å². The molecule has 4 heteroatoms. The zero-order chi connectivity index (χ0) is 13.5. The molecule has 0 aliphatic carbocycles. The summed E-state index contributed by atoms with van der Waals surface area (Å²) in [7, 11) is 1.72. The Labute approximate surface area is 118 Å². The van der Waals surface area contributed by atoms with Crippen LogP contribution in [0.2, 0.25) is 0 Å². The number of ether oxygens (including phenoxy) is 2. The fraction of sp³-hybridized carbons (Fsp3) is 1.00. The summed E-state index contributed by atoms with van der Waals surface area (Å²) in [6, 6.07) is 1.57. The Kier molecular flexibility index (Phi) is 6.57. The number of unbranched alkanes of at least 4 members (excludes halogenated alkanes) is 1. The number of rotatable bonds is 8. The van der Waals surface area contributed by atoms with Crippen LogP contribution < -0.4 is 0 Å². The van der Waals surface area contributed by atoms with E-state index in [1.165, 1.54) is 51.9 Å². The first-order valence-corrected chi connectivity index (χ1v) is 7.86. The molecule has 0 radical (unpaired) electrons. The SMILES string of the molecule is COCCOCCCCN1CC2CCCN2CC1C. The van der Waals surface area contributed by atoms with Crippen LogP contribution in [0.3, 0.4) is 0 Å². The minimum atomic E-state index is 0.709. The summed E-state index contributed by atoms with van der Waals surface area (Å²) in [4.78, 5) is 5.37. The molecule has 2 heterocycles. The molecule has 0 aromatic rings. The molecule has 2 saturated heterocycles. The quantitative estimate of drug-likeness (QED) is 0.626. The van der Waals surface area contributed by atoms with Crippen molar-refractivity contribution in [2.75, 3.05) is 53.1 Å². The average Bonchev–Trinajstić information content (AvgIpc) is 2.84. The summed E-state index contributed by atoms with van der Waals surface area (Å²) in [6.45, 7) is 9.81. The lowest BCUT2D eigenvalue weighted by Crippen LogP contribution is -2.55. The number of nitrogens with zero attached hydrogens (tertiary/aromatic N) is 2. The van der Waals surface area contributed by atoms with Crippen LogP contribution in [0.5, 0.6) is 0 Å². The molecular formula is C15H30N2O2. The molecule has 0 aromatic heterocycles. The first kappa shape index (κ1) is 15.2. The van der Waals surface area contributed by atoms with Crippen LogP contribution >= 0.6 is 0 Å². The summed E-state index contributed by atoms with van der Waals surface area (Å²) >= 11 is 0. The van der Waals surface area contributed by atoms with Crippen molar-refractivity contribution in [1.29, 1.82) is 0 Å². The van der Waals surface area contributed by atoms with Gasteiger partial charge in [-0.1, -0.05) is 0 Å². The van der Waals surface area contributed by atoms with Gasteiger partial charge >= 0.3 is 0 Å². The highest BCUT2D eigenvalue weighted by molar-refractivity contribution is 4.90. The van der Waals surface area contributed by atoms with E-state index in [0.717, 1.165) is 25.3 Å². The molecule has 2 atom stereocenters. The van der Waals surface area contributed by atoms with Gasteiger partial charge in [0.1, 0.15) is 0 Å². The third-order valence-electron chi connectivity index (χ3n) is 4.48. The van der Waals surface area contributed by atoms with E-state index in [2.05, 4.69) is 16.7 Å². The van der Waals surface area contributed by atoms with Gasteiger partial charge in [0.2, 0.25) is 0 Å². The molecule has 2 fully saturated rings. The summed E-state index contributed by atoms with van der Waals surface area (Å²) in [5, 5.41) is 0. The minimum absolute atomic E-state index is 0.709. The highest BCUT2D eigenvalue weighted by atomic mass is 16.5. The predicted octanol–water partition coefficient (Wildman–Crippen LogP) is 1.60. The Morgan fingerprint density at radius 2 is 2.00 bits per heavy atom. The van der Waals surface area contributed by atoms with Crippen LogP contribution in [0.1, 0.15) is 32.6 Å². The van der Waals surface area contributed by atoms with E-state index in [1.807, 2.05) is 0 Å². The highest BCUT2D eigenvalue weighted by Crippen LogP contribution is 2.24. The standard InChI is InChI=1S/C15H30N2O2/c1-14-12-17-8-5-6-15(17)13-16(14)7-3-4-9-19-11-10-18-2/h14-15H,3-13H2,1-2H3. The first-order chi connectivity index (χ1) is 9.31. The maximum Gasteiger partial charge on any atom is 0.0700 e. The normalized spacial score (nSPS) is 28.7. The van der Waals surface area contributed by atoms with Crippen molar-refractivity contribution in [3.8, 4) is 0 Å². The minimum Gasteiger partial charge on any atom is -0.382 e. The molecule has 19 heavy (non-hydrogen) atoms. The molecule has 0 spiro atoms. The Morgan fingerprint density at radius 3 is 2.84 bits per heavy atom. The molecule has 2 aliphatic rings. The number of fused-ring (bicyclic) bond motifs is 1. The zero-order valence-corrected chi connectivity index (χ0v) is 12.6. The highest BCUT2D eigenvalue weighted by Gasteiger charge is 2.33. The van der Waals surface area contributed by atoms with Crippen LogP contribution in [0.25, 0.3) is 0 Å². The third kappa shape index (κ3) is 4.71. The summed E-state index contributed by atoms with van der Waals surface area (Å²) in [6.07, 6.45) is 5.23. The fourth-order valence-electron chi connectivity index (χ4n) is 3.32. The van der Waals surface area contributed by atoms with E-state index in [0.29, 0.717) is 6.61 Å². The third-order valence-corrected chi connectivity index (χ3v) is 4.48. The van der Waals surface area contributed by atoms with E-state index in [9.17, 15) is 0 Å². The van der Waals surface area contributed by atoms with E-state index in [4.69, 9.17) is 9.47 Å². The van der Waals surface area contributed by atoms with Gasteiger partial charge in [-0.05, 0) is 45.7 Å². The van der Waals surface area contributed by atoms with Crippen LogP contribution in [0.15, 0.2) is 0 Å². The molecule has 0 N–H and O–H groups in total. The second kappa shape index (κ2) is 8.20. The molecule has 0 aromatic carbocycles. The molecule has 4 nitrogen and oxygen atoms in total. The predicted molar refractivity (Wildman–Crippen MR) is 77.6 cm³/mol. The molecule has 0 amide bonds. The largest absolute Gasteiger partial charge is 0.382 e. The summed E-state index contributed by atoms with van der Waals surface area (Å²) in [5.74, 6) is 0. The molecular weight excluding hydrogens is 240 g/mol. The van der Waals surface area contributed by atoms with Gasteiger partial charge in [0.15, 0.2) is 0 Å². The summed E-state index contributed by atoms with van der Waals surface area (Å²) < 4.78 is 10.5. The zero-order valence-electron chi connectivity index (χ0n) is 12.6. The van der Waals surface area contributed by atoms with Crippen molar-refractivity contribution in [3.63, 3.8) is 0 Å². The van der Waals surface area contributed by atoms with E-state index in [1.54, 1.807) is 7.11 Å². The number of piperazine rings is 1. The Balaban J connectivity index is 1.55. The van der Waals surface area contributed by atoms with Crippen molar-refractivity contribution in [1.82, 2.24) is 9.80 Å². The Morgan fingerprint density at radius 1 is 1.11 bits per heavy atom. The molecule has 0 saturated carbocycles. The smallest absolute Gasteiger partial charge is 0.0700 e. The molecule has 112 valence electrons. The van der Waals surface area contributed by atoms with Crippen molar-refractivity contribution in [3.05, 3.63) is 0 Å². The second-order valence-corrected chi connectivity index (χ2v) is 5.95. The van der Waals surface area contributed by atoms with Crippen LogP contribution in [0.4, 0.5) is 0 Å². The monoisotopic (exact) mass is 270 g/mol. The van der Waals surface area contributed by atoms with Crippen LogP contribution in [-0.4, -0.2) is 75.0 Å². The van der Waals surface area contributed by atoms with Gasteiger partial charge in [-0.2, -0.15) is 0 Å². The first-order valence-electron chi connectivity index (χ1n) is 7.86. The summed E-state index contributed by atoms with van der Waals surface area (Å²) in [5.41, 5.74) is 0. The van der Waals surface area contributed by atoms with Gasteiger partial charge in [0.25, 0.3) is 0 Å². The van der Waals surface area contributed by atoms with E-state index in [-0.39, 0.29) is 0 Å². The van der Waals surface area contributed by atoms with Crippen molar-refractivity contribution in [2.24, 2.45) is 0 Å². The van der Waals surface area contributed by atoms with Crippen molar-refractivity contribution in [2.45, 2.75) is 44.7 Å². The van der Waals surface area contributed by atoms with Gasteiger partial charge in [-0.15, -0.1) is 0 Å². The van der Waals surface area contributed by atoms with Gasteiger partial charge in [0, 0.05) is 38.9 Å². The lowest BCUT2D eigenvalue weighted by atomic mass is 10.1. The molecule has 2 unspecified atom stereocenters. The number of hydrogen-bond donors (Lipinski definition) is 0. The topological polar surface area (TPSA) is 24.9 Å².